The first-order valence-corrected chi connectivity index (χ1v) is 8.85. The molecule has 1 fully saturated rings. The van der Waals surface area contributed by atoms with E-state index < -0.39 is 10.8 Å². The van der Waals surface area contributed by atoms with Crippen molar-refractivity contribution in [2.24, 2.45) is 10.8 Å². The van der Waals surface area contributed by atoms with Crippen LogP contribution in [0.2, 0.25) is 0 Å². The lowest BCUT2D eigenvalue weighted by molar-refractivity contribution is 0.424. The summed E-state index contributed by atoms with van der Waals surface area (Å²) >= 11 is 1.92. The van der Waals surface area contributed by atoms with Crippen LogP contribution in [0.5, 0.6) is 0 Å². The second-order valence-corrected chi connectivity index (χ2v) is 11.7. The molecule has 1 unspecified atom stereocenters. The van der Waals surface area contributed by atoms with Gasteiger partial charge >= 0.3 is 0 Å². The van der Waals surface area contributed by atoms with E-state index in [4.69, 9.17) is 0 Å². The average molecular weight is 287 g/mol. The second-order valence-electron chi connectivity index (χ2n) is 8.09. The first-order chi connectivity index (χ1) is 7.87. The zero-order valence-corrected chi connectivity index (χ0v) is 14.5. The van der Waals surface area contributed by atoms with E-state index in [0.29, 0.717) is 0 Å². The van der Waals surface area contributed by atoms with Crippen LogP contribution < -0.4 is 0 Å². The third-order valence-electron chi connectivity index (χ3n) is 3.89. The summed E-state index contributed by atoms with van der Waals surface area (Å²) in [6.45, 7) is 18.1. The minimum atomic E-state index is -0.735. The highest BCUT2D eigenvalue weighted by Gasteiger charge is 2.60. The van der Waals surface area contributed by atoms with Crippen LogP contribution in [0, 0.1) is 10.8 Å². The van der Waals surface area contributed by atoms with E-state index >= 15 is 0 Å². The summed E-state index contributed by atoms with van der Waals surface area (Å²) in [7, 11) is -0.735. The van der Waals surface area contributed by atoms with E-state index in [9.17, 15) is 4.21 Å². The van der Waals surface area contributed by atoms with Crippen LogP contribution >= 0.6 is 11.8 Å². The van der Waals surface area contributed by atoms with Crippen molar-refractivity contribution in [3.05, 3.63) is 11.1 Å². The minimum Gasteiger partial charge on any atom is -0.257 e. The van der Waals surface area contributed by atoms with Gasteiger partial charge in [0.25, 0.3) is 0 Å². The average Bonchev–Trinajstić information content (AvgIpc) is 2.48. The predicted molar refractivity (Wildman–Crippen MR) is 83.3 cm³/mol. The molecular formula is C15H26OS2. The molecule has 1 nitrogen and oxygen atoms in total. The van der Waals surface area contributed by atoms with Gasteiger partial charge in [-0.15, -0.1) is 11.8 Å². The molecule has 0 amide bonds. The van der Waals surface area contributed by atoms with Crippen molar-refractivity contribution in [3.8, 4) is 0 Å². The molecule has 0 saturated carbocycles. The Morgan fingerprint density at radius 2 is 1.44 bits per heavy atom. The Kier molecular flexibility index (Phi) is 3.16. The highest BCUT2D eigenvalue weighted by Crippen LogP contribution is 2.62. The summed E-state index contributed by atoms with van der Waals surface area (Å²) in [5.41, 5.74) is 3.18. The molecule has 3 atom stereocenters. The van der Waals surface area contributed by atoms with E-state index in [0.717, 1.165) is 0 Å². The van der Waals surface area contributed by atoms with E-state index in [2.05, 4.69) is 55.4 Å². The number of thioether (sulfide) groups is 1. The summed E-state index contributed by atoms with van der Waals surface area (Å²) < 4.78 is 13.1. The molecule has 0 radical (unpaired) electrons. The van der Waals surface area contributed by atoms with Crippen LogP contribution in [0.1, 0.15) is 55.4 Å². The Labute approximate surface area is 119 Å². The van der Waals surface area contributed by atoms with Gasteiger partial charge in [-0.2, -0.15) is 0 Å². The van der Waals surface area contributed by atoms with Crippen LogP contribution in [-0.4, -0.2) is 18.8 Å². The molecule has 0 spiro atoms. The smallest absolute Gasteiger partial charge is 0.103 e. The fourth-order valence-electron chi connectivity index (χ4n) is 3.25. The molecule has 0 aromatic rings. The first kappa shape index (κ1) is 14.6. The van der Waals surface area contributed by atoms with Crippen LogP contribution in [0.4, 0.5) is 0 Å². The van der Waals surface area contributed by atoms with Gasteiger partial charge in [0.1, 0.15) is 4.58 Å². The van der Waals surface area contributed by atoms with E-state index in [-0.39, 0.29) is 25.4 Å². The topological polar surface area (TPSA) is 17.1 Å². The van der Waals surface area contributed by atoms with Crippen LogP contribution in [0.3, 0.4) is 0 Å². The van der Waals surface area contributed by atoms with Crippen molar-refractivity contribution in [1.82, 2.24) is 0 Å². The van der Waals surface area contributed by atoms with Gasteiger partial charge in [0.05, 0.1) is 5.25 Å². The van der Waals surface area contributed by atoms with Gasteiger partial charge in [0.15, 0.2) is 0 Å². The van der Waals surface area contributed by atoms with Crippen molar-refractivity contribution < 1.29 is 4.21 Å². The quantitative estimate of drug-likeness (QED) is 0.616. The molecule has 18 heavy (non-hydrogen) atoms. The van der Waals surface area contributed by atoms with Crippen LogP contribution in [0.15, 0.2) is 11.1 Å². The molecule has 2 rings (SSSR count). The van der Waals surface area contributed by atoms with Gasteiger partial charge in [-0.3, -0.25) is 4.21 Å². The third-order valence-corrected chi connectivity index (χ3v) is 8.14. The highest BCUT2D eigenvalue weighted by atomic mass is 32.2. The van der Waals surface area contributed by atoms with E-state index in [1.54, 1.807) is 0 Å². The molecule has 1 saturated heterocycles. The highest BCUT2D eigenvalue weighted by molar-refractivity contribution is 8.16. The van der Waals surface area contributed by atoms with Crippen LogP contribution in [-0.2, 0) is 10.8 Å². The maximum atomic E-state index is 12.7. The Morgan fingerprint density at radius 1 is 1.00 bits per heavy atom. The molecule has 3 heteroatoms. The standard InChI is InChI=1S/C15H26OS2/c1-13(2,3)9-10(14(4,5)6)12-17-15(7,8)11(9)18(12)16/h11-12H,1-8H3/t11-,12+,18?/m0/s1. The van der Waals surface area contributed by atoms with Crippen molar-refractivity contribution in [2.75, 3.05) is 0 Å². The van der Waals surface area contributed by atoms with Gasteiger partial charge in [-0.05, 0) is 35.8 Å². The number of hydrogen-bond donors (Lipinski definition) is 0. The lowest BCUT2D eigenvalue weighted by Gasteiger charge is -2.40. The maximum absolute atomic E-state index is 12.7. The zero-order chi connectivity index (χ0) is 14.1. The lowest BCUT2D eigenvalue weighted by atomic mass is 9.72. The molecule has 0 aliphatic carbocycles. The molecule has 2 aliphatic rings. The largest absolute Gasteiger partial charge is 0.257 e. The molecule has 104 valence electrons. The number of rotatable bonds is 0. The van der Waals surface area contributed by atoms with Gasteiger partial charge in [-0.25, -0.2) is 0 Å². The Balaban J connectivity index is 2.67. The zero-order valence-electron chi connectivity index (χ0n) is 12.9. The van der Waals surface area contributed by atoms with E-state index in [1.165, 1.54) is 11.1 Å². The van der Waals surface area contributed by atoms with Gasteiger partial charge in [0, 0.05) is 15.5 Å². The monoisotopic (exact) mass is 286 g/mol. The van der Waals surface area contributed by atoms with E-state index in [1.807, 2.05) is 11.8 Å². The van der Waals surface area contributed by atoms with Gasteiger partial charge in [0.2, 0.25) is 0 Å². The minimum absolute atomic E-state index is 0.118. The normalized spacial score (nSPS) is 35.4. The van der Waals surface area contributed by atoms with Gasteiger partial charge < -0.3 is 0 Å². The van der Waals surface area contributed by atoms with Crippen molar-refractivity contribution in [2.45, 2.75) is 70.0 Å². The summed E-state index contributed by atoms with van der Waals surface area (Å²) in [6.07, 6.45) is 0. The lowest BCUT2D eigenvalue weighted by Crippen LogP contribution is -2.38. The fraction of sp³-hybridized carbons (Fsp3) is 0.867. The fourth-order valence-corrected chi connectivity index (χ4v) is 8.78. The molecule has 2 aliphatic heterocycles. The summed E-state index contributed by atoms with van der Waals surface area (Å²) in [5.74, 6) is 0. The molecule has 0 aromatic carbocycles. The predicted octanol–water partition coefficient (Wildman–Crippen LogP) is 4.36. The molecule has 2 bridgehead atoms. The molecule has 2 heterocycles. The van der Waals surface area contributed by atoms with Gasteiger partial charge in [-0.1, -0.05) is 41.5 Å². The molecular weight excluding hydrogens is 260 g/mol. The van der Waals surface area contributed by atoms with Crippen LogP contribution in [0.25, 0.3) is 0 Å². The molecule has 0 aromatic heterocycles. The van der Waals surface area contributed by atoms with Crippen molar-refractivity contribution >= 4 is 22.6 Å². The first-order valence-electron chi connectivity index (χ1n) is 6.69. The Hall–Kier alpha value is 0.240. The summed E-state index contributed by atoms with van der Waals surface area (Å²) in [4.78, 5) is 0. The Bertz CT molecular complexity index is 432. The Morgan fingerprint density at radius 3 is 1.83 bits per heavy atom. The number of fused-ring (bicyclic) bond motifs is 2. The molecule has 0 N–H and O–H groups in total. The van der Waals surface area contributed by atoms with Crippen molar-refractivity contribution in [1.29, 1.82) is 0 Å². The third kappa shape index (κ3) is 2.02. The number of hydrogen-bond acceptors (Lipinski definition) is 2. The summed E-state index contributed by atoms with van der Waals surface area (Å²) in [5, 5.41) is 0.238. The maximum Gasteiger partial charge on any atom is 0.103 e. The summed E-state index contributed by atoms with van der Waals surface area (Å²) in [6, 6.07) is 0. The van der Waals surface area contributed by atoms with Crippen molar-refractivity contribution in [3.63, 3.8) is 0 Å². The second kappa shape index (κ2) is 3.88. The SMILES string of the molecule is CC(C)(C)C1=C(C(C)(C)C)[C@@H]2SC(C)(C)[C@H]1S2=O.